The van der Waals surface area contributed by atoms with Crippen LogP contribution in [0.15, 0.2) is 42.6 Å². The highest BCUT2D eigenvalue weighted by Crippen LogP contribution is 2.22. The number of hydrogen-bond donors (Lipinski definition) is 1. The Bertz CT molecular complexity index is 456. The minimum Gasteiger partial charge on any atom is -0.392 e. The Kier molecular flexibility index (Phi) is 2.74. The van der Waals surface area contributed by atoms with Gasteiger partial charge in [0.25, 0.3) is 0 Å². The first-order chi connectivity index (χ1) is 7.31. The van der Waals surface area contributed by atoms with Gasteiger partial charge in [0.05, 0.1) is 6.61 Å². The van der Waals surface area contributed by atoms with Crippen molar-refractivity contribution in [2.45, 2.75) is 6.61 Å². The van der Waals surface area contributed by atoms with Gasteiger partial charge in [0.15, 0.2) is 0 Å². The van der Waals surface area contributed by atoms with E-state index in [0.717, 1.165) is 11.1 Å². The van der Waals surface area contributed by atoms with E-state index in [1.807, 2.05) is 30.3 Å². The van der Waals surface area contributed by atoms with E-state index in [0.29, 0.717) is 5.56 Å². The molecule has 2 rings (SSSR count). The lowest BCUT2D eigenvalue weighted by atomic mass is 10.0. The Labute approximate surface area is 87.0 Å². The maximum atomic E-state index is 12.8. The van der Waals surface area contributed by atoms with Gasteiger partial charge in [-0.15, -0.1) is 0 Å². The highest BCUT2D eigenvalue weighted by molar-refractivity contribution is 5.65. The van der Waals surface area contributed by atoms with E-state index in [1.54, 1.807) is 0 Å². The molecule has 0 saturated heterocycles. The van der Waals surface area contributed by atoms with Gasteiger partial charge in [-0.2, -0.15) is 4.39 Å². The monoisotopic (exact) mass is 203 g/mol. The minimum absolute atomic E-state index is 0.191. The summed E-state index contributed by atoms with van der Waals surface area (Å²) >= 11 is 0. The molecule has 1 heterocycles. The van der Waals surface area contributed by atoms with Crippen LogP contribution in [-0.2, 0) is 6.61 Å². The summed E-state index contributed by atoms with van der Waals surface area (Å²) in [4.78, 5) is 3.59. The van der Waals surface area contributed by atoms with Gasteiger partial charge in [-0.05, 0) is 17.2 Å². The molecule has 1 aromatic carbocycles. The van der Waals surface area contributed by atoms with Crippen molar-refractivity contribution in [2.24, 2.45) is 0 Å². The molecule has 0 atom stereocenters. The second kappa shape index (κ2) is 4.19. The van der Waals surface area contributed by atoms with Crippen LogP contribution in [0.2, 0.25) is 0 Å². The summed E-state index contributed by atoms with van der Waals surface area (Å²) in [7, 11) is 0. The molecule has 0 bridgehead atoms. The Morgan fingerprint density at radius 2 is 1.93 bits per heavy atom. The van der Waals surface area contributed by atoms with Crippen LogP contribution >= 0.6 is 0 Å². The number of hydrogen-bond acceptors (Lipinski definition) is 2. The van der Waals surface area contributed by atoms with Crippen LogP contribution in [0, 0.1) is 5.95 Å². The largest absolute Gasteiger partial charge is 0.392 e. The molecule has 0 aliphatic rings. The molecule has 0 saturated carbocycles. The summed E-state index contributed by atoms with van der Waals surface area (Å²) in [6.07, 6.45) is 1.44. The molecule has 0 aliphatic carbocycles. The lowest BCUT2D eigenvalue weighted by molar-refractivity contribution is 0.281. The fraction of sp³-hybridized carbons (Fsp3) is 0.0833. The average Bonchev–Trinajstić information content (AvgIpc) is 2.30. The molecule has 2 nitrogen and oxygen atoms in total. The fourth-order valence-electron chi connectivity index (χ4n) is 1.48. The van der Waals surface area contributed by atoms with Crippen molar-refractivity contribution in [1.29, 1.82) is 0 Å². The third-order valence-electron chi connectivity index (χ3n) is 2.21. The van der Waals surface area contributed by atoms with Crippen LogP contribution < -0.4 is 0 Å². The van der Waals surface area contributed by atoms with Gasteiger partial charge in [0.1, 0.15) is 0 Å². The van der Waals surface area contributed by atoms with Crippen molar-refractivity contribution in [1.82, 2.24) is 4.98 Å². The Hall–Kier alpha value is -1.74. The van der Waals surface area contributed by atoms with Crippen molar-refractivity contribution in [2.75, 3.05) is 0 Å². The van der Waals surface area contributed by atoms with Gasteiger partial charge < -0.3 is 5.11 Å². The van der Waals surface area contributed by atoms with Gasteiger partial charge in [-0.1, -0.05) is 30.3 Å². The number of benzene rings is 1. The van der Waals surface area contributed by atoms with Crippen molar-refractivity contribution in [3.05, 3.63) is 54.1 Å². The van der Waals surface area contributed by atoms with Crippen LogP contribution in [0.25, 0.3) is 11.1 Å². The van der Waals surface area contributed by atoms with Crippen molar-refractivity contribution < 1.29 is 9.50 Å². The van der Waals surface area contributed by atoms with Crippen molar-refractivity contribution in [3.63, 3.8) is 0 Å². The third kappa shape index (κ3) is 2.02. The normalized spacial score (nSPS) is 10.3. The van der Waals surface area contributed by atoms with E-state index in [1.165, 1.54) is 12.3 Å². The number of halogens is 1. The Morgan fingerprint density at radius 3 is 2.60 bits per heavy atom. The summed E-state index contributed by atoms with van der Waals surface area (Å²) in [5, 5.41) is 9.11. The smallest absolute Gasteiger partial charge is 0.213 e. The zero-order chi connectivity index (χ0) is 10.7. The molecule has 1 aromatic heterocycles. The van der Waals surface area contributed by atoms with E-state index < -0.39 is 5.95 Å². The molecule has 0 amide bonds. The zero-order valence-corrected chi connectivity index (χ0v) is 8.02. The summed E-state index contributed by atoms with van der Waals surface area (Å²) < 4.78 is 12.8. The van der Waals surface area contributed by atoms with Crippen LogP contribution in [0.1, 0.15) is 5.56 Å². The molecule has 15 heavy (non-hydrogen) atoms. The van der Waals surface area contributed by atoms with Crippen LogP contribution in [0.5, 0.6) is 0 Å². The number of aromatic nitrogens is 1. The molecule has 3 heteroatoms. The highest BCUT2D eigenvalue weighted by Gasteiger charge is 2.05. The summed E-state index contributed by atoms with van der Waals surface area (Å²) in [5.74, 6) is -0.571. The molecule has 0 radical (unpaired) electrons. The first-order valence-corrected chi connectivity index (χ1v) is 4.62. The second-order valence-corrected chi connectivity index (χ2v) is 3.19. The molecular weight excluding hydrogens is 193 g/mol. The molecule has 0 fully saturated rings. The topological polar surface area (TPSA) is 33.1 Å². The van der Waals surface area contributed by atoms with E-state index in [9.17, 15) is 4.39 Å². The number of pyridine rings is 1. The average molecular weight is 203 g/mol. The van der Waals surface area contributed by atoms with E-state index in [2.05, 4.69) is 4.98 Å². The van der Waals surface area contributed by atoms with E-state index in [-0.39, 0.29) is 6.61 Å². The second-order valence-electron chi connectivity index (χ2n) is 3.19. The predicted molar refractivity (Wildman–Crippen MR) is 55.6 cm³/mol. The molecule has 76 valence electrons. The van der Waals surface area contributed by atoms with Crippen LogP contribution in [-0.4, -0.2) is 10.1 Å². The zero-order valence-electron chi connectivity index (χ0n) is 8.02. The van der Waals surface area contributed by atoms with E-state index in [4.69, 9.17) is 5.11 Å². The molecule has 0 aliphatic heterocycles. The standard InChI is InChI=1S/C12H10FNO/c13-12-6-10(8-15)11(7-14-12)9-4-2-1-3-5-9/h1-7,15H,8H2. The highest BCUT2D eigenvalue weighted by atomic mass is 19.1. The maximum Gasteiger partial charge on any atom is 0.213 e. The van der Waals surface area contributed by atoms with E-state index >= 15 is 0 Å². The lowest BCUT2D eigenvalue weighted by Gasteiger charge is -2.06. The number of nitrogens with zero attached hydrogens (tertiary/aromatic N) is 1. The molecule has 1 N–H and O–H groups in total. The van der Waals surface area contributed by atoms with Gasteiger partial charge in [0, 0.05) is 11.8 Å². The molecule has 2 aromatic rings. The van der Waals surface area contributed by atoms with Crippen LogP contribution in [0.4, 0.5) is 4.39 Å². The number of rotatable bonds is 2. The first kappa shape index (κ1) is 9.80. The number of aliphatic hydroxyl groups excluding tert-OH is 1. The third-order valence-corrected chi connectivity index (χ3v) is 2.21. The van der Waals surface area contributed by atoms with Crippen LogP contribution in [0.3, 0.4) is 0 Å². The summed E-state index contributed by atoms with van der Waals surface area (Å²) in [5.41, 5.74) is 2.24. The fourth-order valence-corrected chi connectivity index (χ4v) is 1.48. The van der Waals surface area contributed by atoms with Gasteiger partial charge in [-0.25, -0.2) is 4.98 Å². The number of aliphatic hydroxyl groups is 1. The SMILES string of the molecule is OCc1cc(F)ncc1-c1ccccc1. The predicted octanol–water partition coefficient (Wildman–Crippen LogP) is 2.38. The molecule has 0 spiro atoms. The summed E-state index contributed by atoms with van der Waals surface area (Å²) in [6, 6.07) is 10.7. The van der Waals surface area contributed by atoms with Crippen molar-refractivity contribution in [3.8, 4) is 11.1 Å². The first-order valence-electron chi connectivity index (χ1n) is 4.62. The van der Waals surface area contributed by atoms with Gasteiger partial charge >= 0.3 is 0 Å². The quantitative estimate of drug-likeness (QED) is 0.760. The van der Waals surface area contributed by atoms with Gasteiger partial charge in [0.2, 0.25) is 5.95 Å². The Morgan fingerprint density at radius 1 is 1.20 bits per heavy atom. The molecular formula is C12H10FNO. The minimum atomic E-state index is -0.571. The van der Waals surface area contributed by atoms with Gasteiger partial charge in [-0.3, -0.25) is 0 Å². The lowest BCUT2D eigenvalue weighted by Crippen LogP contribution is -1.93. The maximum absolute atomic E-state index is 12.8. The summed E-state index contributed by atoms with van der Waals surface area (Å²) in [6.45, 7) is -0.191. The van der Waals surface area contributed by atoms with Crippen molar-refractivity contribution >= 4 is 0 Å². The Balaban J connectivity index is 2.53. The molecule has 0 unspecified atom stereocenters.